The van der Waals surface area contributed by atoms with E-state index in [1.807, 2.05) is 25.1 Å². The van der Waals surface area contributed by atoms with Crippen molar-refractivity contribution in [2.45, 2.75) is 52.0 Å². The summed E-state index contributed by atoms with van der Waals surface area (Å²) in [6.07, 6.45) is 5.41. The Morgan fingerprint density at radius 2 is 2.07 bits per heavy atom. The van der Waals surface area contributed by atoms with E-state index in [-0.39, 0.29) is 35.7 Å². The Bertz CT molecular complexity index is 632. The second-order valence-corrected chi connectivity index (χ2v) is 7.71. The van der Waals surface area contributed by atoms with Gasteiger partial charge >= 0.3 is 0 Å². The summed E-state index contributed by atoms with van der Waals surface area (Å²) in [6, 6.07) is 5.89. The van der Waals surface area contributed by atoms with Gasteiger partial charge in [-0.05, 0) is 68.8 Å². The Balaban J connectivity index is 0.00000261. The minimum Gasteiger partial charge on any atom is -0.493 e. The van der Waals surface area contributed by atoms with Gasteiger partial charge in [0.05, 0.1) is 19.8 Å². The lowest BCUT2D eigenvalue weighted by molar-refractivity contribution is -0.123. The monoisotopic (exact) mass is 396 g/mol. The van der Waals surface area contributed by atoms with E-state index in [9.17, 15) is 4.79 Å². The standard InChI is InChI=1S/C21H32N2O3.ClH/c1-4-5-12-26-18-7-6-16(13-19(18)25-3)15(2)23-20(24)17-14-21(17)8-10-22-11-9-21;/h6-7,13,15,17,22H,4-5,8-12,14H2,1-3H3,(H,23,24);1H. The molecule has 0 aromatic heterocycles. The maximum Gasteiger partial charge on any atom is 0.224 e. The van der Waals surface area contributed by atoms with Crippen molar-refractivity contribution < 1.29 is 14.3 Å². The Morgan fingerprint density at radius 3 is 2.74 bits per heavy atom. The van der Waals surface area contributed by atoms with Gasteiger partial charge in [0, 0.05) is 5.92 Å². The smallest absolute Gasteiger partial charge is 0.224 e. The fourth-order valence-corrected chi connectivity index (χ4v) is 3.99. The summed E-state index contributed by atoms with van der Waals surface area (Å²) in [7, 11) is 1.65. The van der Waals surface area contributed by atoms with Gasteiger partial charge in [-0.2, -0.15) is 0 Å². The van der Waals surface area contributed by atoms with Crippen LogP contribution in [0.3, 0.4) is 0 Å². The van der Waals surface area contributed by atoms with Gasteiger partial charge in [0.2, 0.25) is 5.91 Å². The minimum absolute atomic E-state index is 0. The zero-order chi connectivity index (χ0) is 18.6. The number of carbonyl (C=O) groups is 1. The molecule has 1 saturated carbocycles. The van der Waals surface area contributed by atoms with Gasteiger partial charge in [0.15, 0.2) is 11.5 Å². The summed E-state index contributed by atoms with van der Waals surface area (Å²) in [5, 5.41) is 6.58. The van der Waals surface area contributed by atoms with Crippen molar-refractivity contribution >= 4 is 18.3 Å². The van der Waals surface area contributed by atoms with E-state index >= 15 is 0 Å². The van der Waals surface area contributed by atoms with Crippen LogP contribution in [0.5, 0.6) is 11.5 Å². The number of benzene rings is 1. The molecule has 152 valence electrons. The van der Waals surface area contributed by atoms with Crippen molar-refractivity contribution in [2.24, 2.45) is 11.3 Å². The van der Waals surface area contributed by atoms with Crippen LogP contribution in [-0.2, 0) is 4.79 Å². The summed E-state index contributed by atoms with van der Waals surface area (Å²) in [5.74, 6) is 1.87. The molecule has 2 aliphatic rings. The van der Waals surface area contributed by atoms with Crippen molar-refractivity contribution in [3.63, 3.8) is 0 Å². The molecular formula is C21H33ClN2O3. The topological polar surface area (TPSA) is 59.6 Å². The number of ether oxygens (including phenoxy) is 2. The van der Waals surface area contributed by atoms with Crippen molar-refractivity contribution in [1.82, 2.24) is 10.6 Å². The van der Waals surface area contributed by atoms with E-state index in [0.29, 0.717) is 6.61 Å². The molecule has 2 atom stereocenters. The second-order valence-electron chi connectivity index (χ2n) is 7.71. The Hall–Kier alpha value is -1.46. The Kier molecular flexibility index (Phi) is 7.80. The molecule has 1 spiro atoms. The lowest BCUT2D eigenvalue weighted by atomic mass is 9.91. The fraction of sp³-hybridized carbons (Fsp3) is 0.667. The first-order chi connectivity index (χ1) is 12.6. The van der Waals surface area contributed by atoms with Crippen LogP contribution in [0, 0.1) is 11.3 Å². The van der Waals surface area contributed by atoms with Gasteiger partial charge in [0.25, 0.3) is 0 Å². The van der Waals surface area contributed by atoms with Gasteiger partial charge in [-0.3, -0.25) is 4.79 Å². The maximum atomic E-state index is 12.7. The molecule has 1 aliphatic carbocycles. The van der Waals surface area contributed by atoms with Crippen LogP contribution < -0.4 is 20.1 Å². The number of piperidine rings is 1. The highest BCUT2D eigenvalue weighted by Crippen LogP contribution is 2.58. The average molecular weight is 397 g/mol. The zero-order valence-electron chi connectivity index (χ0n) is 16.7. The molecule has 1 saturated heterocycles. The molecule has 2 fully saturated rings. The van der Waals surface area contributed by atoms with E-state index < -0.39 is 0 Å². The lowest BCUT2D eigenvalue weighted by Crippen LogP contribution is -2.34. The molecule has 0 bridgehead atoms. The van der Waals surface area contributed by atoms with Crippen LogP contribution in [0.25, 0.3) is 0 Å². The van der Waals surface area contributed by atoms with E-state index in [1.165, 1.54) is 0 Å². The molecule has 27 heavy (non-hydrogen) atoms. The molecule has 6 heteroatoms. The van der Waals surface area contributed by atoms with Crippen molar-refractivity contribution in [2.75, 3.05) is 26.8 Å². The van der Waals surface area contributed by atoms with Gasteiger partial charge in [-0.1, -0.05) is 19.4 Å². The van der Waals surface area contributed by atoms with Crippen LogP contribution in [0.1, 0.15) is 57.6 Å². The maximum absolute atomic E-state index is 12.7. The Labute approximate surface area is 169 Å². The number of methoxy groups -OCH3 is 1. The van der Waals surface area contributed by atoms with Crippen molar-refractivity contribution in [3.8, 4) is 11.5 Å². The summed E-state index contributed by atoms with van der Waals surface area (Å²) in [5.41, 5.74) is 1.31. The van der Waals surface area contributed by atoms with E-state index in [1.54, 1.807) is 7.11 Å². The summed E-state index contributed by atoms with van der Waals surface area (Å²) in [6.45, 7) is 6.94. The Morgan fingerprint density at radius 1 is 1.33 bits per heavy atom. The number of amides is 1. The molecule has 1 aromatic carbocycles. The predicted octanol–water partition coefficient (Wildman–Crippen LogP) is 3.86. The largest absolute Gasteiger partial charge is 0.493 e. The molecular weight excluding hydrogens is 364 g/mol. The van der Waals surface area contributed by atoms with Gasteiger partial charge < -0.3 is 20.1 Å². The van der Waals surface area contributed by atoms with E-state index in [4.69, 9.17) is 9.47 Å². The highest BCUT2D eigenvalue weighted by atomic mass is 35.5. The molecule has 1 amide bonds. The number of carbonyl (C=O) groups excluding carboxylic acids is 1. The van der Waals surface area contributed by atoms with Crippen LogP contribution in [0.4, 0.5) is 0 Å². The highest BCUT2D eigenvalue weighted by Gasteiger charge is 2.57. The number of hydrogen-bond donors (Lipinski definition) is 2. The summed E-state index contributed by atoms with van der Waals surface area (Å²) >= 11 is 0. The third kappa shape index (κ3) is 5.08. The molecule has 5 nitrogen and oxygen atoms in total. The van der Waals surface area contributed by atoms with Crippen LogP contribution in [-0.4, -0.2) is 32.7 Å². The zero-order valence-corrected chi connectivity index (χ0v) is 17.5. The molecule has 2 unspecified atom stereocenters. The fourth-order valence-electron chi connectivity index (χ4n) is 3.99. The molecule has 1 aromatic rings. The minimum atomic E-state index is -0.0412. The van der Waals surface area contributed by atoms with Gasteiger partial charge in [0.1, 0.15) is 0 Å². The van der Waals surface area contributed by atoms with E-state index in [0.717, 1.165) is 62.3 Å². The lowest BCUT2D eigenvalue weighted by Gasteiger charge is -2.24. The quantitative estimate of drug-likeness (QED) is 0.655. The molecule has 3 rings (SSSR count). The number of rotatable bonds is 8. The van der Waals surface area contributed by atoms with Crippen LogP contribution >= 0.6 is 12.4 Å². The highest BCUT2D eigenvalue weighted by molar-refractivity contribution is 5.85. The van der Waals surface area contributed by atoms with Crippen molar-refractivity contribution in [1.29, 1.82) is 0 Å². The molecule has 1 heterocycles. The second kappa shape index (κ2) is 9.65. The summed E-state index contributed by atoms with van der Waals surface area (Å²) < 4.78 is 11.3. The number of halogens is 1. The van der Waals surface area contributed by atoms with E-state index in [2.05, 4.69) is 17.6 Å². The van der Waals surface area contributed by atoms with Crippen LogP contribution in [0.15, 0.2) is 18.2 Å². The number of hydrogen-bond acceptors (Lipinski definition) is 4. The third-order valence-electron chi connectivity index (χ3n) is 5.91. The van der Waals surface area contributed by atoms with Crippen molar-refractivity contribution in [3.05, 3.63) is 23.8 Å². The normalized spacial score (nSPS) is 21.1. The number of unbranched alkanes of at least 4 members (excludes halogenated alkanes) is 1. The molecule has 2 N–H and O–H groups in total. The third-order valence-corrected chi connectivity index (χ3v) is 5.91. The average Bonchev–Trinajstić information content (AvgIpc) is 3.35. The summed E-state index contributed by atoms with van der Waals surface area (Å²) in [4.78, 5) is 12.7. The van der Waals surface area contributed by atoms with Gasteiger partial charge in [-0.15, -0.1) is 12.4 Å². The molecule has 1 aliphatic heterocycles. The molecule has 0 radical (unpaired) electrons. The predicted molar refractivity (Wildman–Crippen MR) is 110 cm³/mol. The van der Waals surface area contributed by atoms with Gasteiger partial charge in [-0.25, -0.2) is 0 Å². The van der Waals surface area contributed by atoms with Crippen LogP contribution in [0.2, 0.25) is 0 Å². The number of nitrogens with one attached hydrogen (secondary N) is 2. The first-order valence-electron chi connectivity index (χ1n) is 9.91. The first kappa shape index (κ1) is 21.8. The SMILES string of the molecule is CCCCOc1ccc(C(C)NC(=O)C2CC23CCNCC3)cc1OC.Cl. The first-order valence-corrected chi connectivity index (χ1v) is 9.91.